The van der Waals surface area contributed by atoms with E-state index in [-0.39, 0.29) is 24.8 Å². The maximum Gasteiger partial charge on any atom is 0.415 e. The van der Waals surface area contributed by atoms with E-state index in [4.69, 9.17) is 24.7 Å². The average Bonchev–Trinajstić information content (AvgIpc) is 3.53. The first kappa shape index (κ1) is 29.2. The van der Waals surface area contributed by atoms with E-state index in [1.807, 2.05) is 0 Å². The monoisotopic (exact) mass is 556 g/mol. The van der Waals surface area contributed by atoms with Gasteiger partial charge in [0.1, 0.15) is 24.5 Å². The van der Waals surface area contributed by atoms with Gasteiger partial charge < -0.3 is 24.7 Å². The molecule has 216 valence electrons. The molecule has 2 aromatic heterocycles. The molecule has 0 bridgehead atoms. The summed E-state index contributed by atoms with van der Waals surface area (Å²) in [6.45, 7) is 4.51. The molecule has 1 aliphatic heterocycles. The quantitative estimate of drug-likeness (QED) is 0.359. The highest BCUT2D eigenvalue weighted by molar-refractivity contribution is 5.88. The van der Waals surface area contributed by atoms with E-state index in [0.717, 1.165) is 32.1 Å². The fourth-order valence-corrected chi connectivity index (χ4v) is 4.99. The van der Waals surface area contributed by atoms with Crippen LogP contribution in [0.5, 0.6) is 0 Å². The number of fused-ring (bicyclic) bond motifs is 1. The molecule has 3 heterocycles. The van der Waals surface area contributed by atoms with Gasteiger partial charge in [0.2, 0.25) is 6.79 Å². The third-order valence-electron chi connectivity index (χ3n) is 7.22. The molecule has 2 fully saturated rings. The van der Waals surface area contributed by atoms with Crippen molar-refractivity contribution in [1.29, 1.82) is 5.26 Å². The van der Waals surface area contributed by atoms with Gasteiger partial charge in [-0.15, -0.1) is 0 Å². The van der Waals surface area contributed by atoms with Gasteiger partial charge >= 0.3 is 18.0 Å². The number of ether oxygens (including phenoxy) is 4. The van der Waals surface area contributed by atoms with Crippen LogP contribution in [0, 0.1) is 16.7 Å². The van der Waals surface area contributed by atoms with E-state index in [9.17, 15) is 19.6 Å². The summed E-state index contributed by atoms with van der Waals surface area (Å²) in [5.74, 6) is -0.748. The molecule has 3 N–H and O–H groups in total. The molecule has 0 spiro atoms. The Morgan fingerprint density at radius 1 is 1.18 bits per heavy atom. The summed E-state index contributed by atoms with van der Waals surface area (Å²) in [6, 6.07) is 5.56. The largest absolute Gasteiger partial charge is 0.463 e. The lowest BCUT2D eigenvalue weighted by Gasteiger charge is -2.32. The molecule has 1 aliphatic carbocycles. The summed E-state index contributed by atoms with van der Waals surface area (Å²) in [5, 5.41) is 16.9. The molecule has 1 saturated heterocycles. The zero-order valence-electron chi connectivity index (χ0n) is 23.1. The van der Waals surface area contributed by atoms with E-state index in [1.165, 1.54) is 10.8 Å². The zero-order valence-corrected chi connectivity index (χ0v) is 23.1. The lowest BCUT2D eigenvalue weighted by atomic mass is 9.80. The number of anilines is 1. The van der Waals surface area contributed by atoms with Crippen molar-refractivity contribution in [3.63, 3.8) is 0 Å². The summed E-state index contributed by atoms with van der Waals surface area (Å²) < 4.78 is 22.9. The first-order chi connectivity index (χ1) is 18.9. The van der Waals surface area contributed by atoms with Gasteiger partial charge in [-0.05, 0) is 58.6 Å². The second kappa shape index (κ2) is 11.8. The van der Waals surface area contributed by atoms with Gasteiger partial charge in [0.25, 0.3) is 0 Å². The first-order valence-corrected chi connectivity index (χ1v) is 13.4. The minimum absolute atomic E-state index is 0.0229. The Kier molecular flexibility index (Phi) is 8.60. The number of hydrogen-bond acceptors (Lipinski definition) is 11. The van der Waals surface area contributed by atoms with Gasteiger partial charge in [-0.3, -0.25) is 14.9 Å². The number of carbonyl (C=O) groups excluding carboxylic acids is 3. The van der Waals surface area contributed by atoms with Crippen LogP contribution >= 0.6 is 0 Å². The summed E-state index contributed by atoms with van der Waals surface area (Å²) >= 11 is 0. The Morgan fingerprint density at radius 3 is 2.62 bits per heavy atom. The number of amides is 1. The Labute approximate surface area is 232 Å². The van der Waals surface area contributed by atoms with Crippen LogP contribution in [-0.4, -0.2) is 57.7 Å². The second-order valence-electron chi connectivity index (χ2n) is 11.5. The van der Waals surface area contributed by atoms with Gasteiger partial charge in [-0.2, -0.15) is 10.4 Å². The number of nitrogens with zero attached hydrogens (tertiary/aromatic N) is 4. The highest BCUT2D eigenvalue weighted by Gasteiger charge is 2.45. The van der Waals surface area contributed by atoms with Crippen LogP contribution in [0.1, 0.15) is 77.8 Å². The third-order valence-corrected chi connectivity index (χ3v) is 7.22. The van der Waals surface area contributed by atoms with Crippen LogP contribution in [0.3, 0.4) is 0 Å². The Hall–Kier alpha value is -3.76. The standard InChI is InChI=1S/C27H36N6O7/c1-25(2,3)23(35)38-17-39-24(36)32-22-19-7-8-20(33(19)31-16-30-22)27(15-28)12-9-18(40-27)14-37-21(34)13-26(29)10-5-4-6-11-26/h7-8,16,18H,4-6,9-14,17,29H2,1-3H3,(H,30,31,32,36)/t18-,27-/m0/s1. The summed E-state index contributed by atoms with van der Waals surface area (Å²) in [6.07, 6.45) is 5.66. The zero-order chi connectivity index (χ0) is 29.0. The fourth-order valence-electron chi connectivity index (χ4n) is 4.99. The number of esters is 2. The maximum absolute atomic E-state index is 12.5. The number of nitrogens with two attached hydrogens (primary N) is 1. The lowest BCUT2D eigenvalue weighted by Crippen LogP contribution is -2.44. The van der Waals surface area contributed by atoms with E-state index in [0.29, 0.717) is 24.1 Å². The molecule has 4 rings (SSSR count). The van der Waals surface area contributed by atoms with Crippen molar-refractivity contribution >= 4 is 29.4 Å². The molecule has 0 radical (unpaired) electrons. The van der Waals surface area contributed by atoms with Crippen molar-refractivity contribution in [2.24, 2.45) is 11.1 Å². The van der Waals surface area contributed by atoms with Gasteiger partial charge in [0.05, 0.1) is 23.6 Å². The minimum atomic E-state index is -1.34. The minimum Gasteiger partial charge on any atom is -0.463 e. The molecule has 40 heavy (non-hydrogen) atoms. The highest BCUT2D eigenvalue weighted by atomic mass is 16.7. The average molecular weight is 557 g/mol. The number of carbonyl (C=O) groups is 3. The number of nitrogens with one attached hydrogen (secondary N) is 1. The molecule has 1 amide bonds. The van der Waals surface area contributed by atoms with Crippen molar-refractivity contribution < 1.29 is 33.3 Å². The third kappa shape index (κ3) is 6.68. The molecule has 2 aliphatic rings. The molecule has 13 nitrogen and oxygen atoms in total. The molecular weight excluding hydrogens is 520 g/mol. The topological polar surface area (TPSA) is 180 Å². The molecule has 1 saturated carbocycles. The van der Waals surface area contributed by atoms with Gasteiger partial charge in [0.15, 0.2) is 11.4 Å². The van der Waals surface area contributed by atoms with Crippen LogP contribution < -0.4 is 11.1 Å². The van der Waals surface area contributed by atoms with Crippen LogP contribution in [0.25, 0.3) is 5.52 Å². The van der Waals surface area contributed by atoms with Crippen molar-refractivity contribution in [3.8, 4) is 6.07 Å². The van der Waals surface area contributed by atoms with Crippen LogP contribution in [0.2, 0.25) is 0 Å². The number of aromatic nitrogens is 3. The van der Waals surface area contributed by atoms with Crippen LogP contribution in [0.15, 0.2) is 18.5 Å². The maximum atomic E-state index is 12.5. The molecule has 0 unspecified atom stereocenters. The Morgan fingerprint density at radius 2 is 1.93 bits per heavy atom. The summed E-state index contributed by atoms with van der Waals surface area (Å²) in [4.78, 5) is 40.7. The highest BCUT2D eigenvalue weighted by Crippen LogP contribution is 2.40. The molecule has 13 heteroatoms. The van der Waals surface area contributed by atoms with E-state index >= 15 is 0 Å². The smallest absolute Gasteiger partial charge is 0.415 e. The molecule has 0 aromatic carbocycles. The predicted molar refractivity (Wildman–Crippen MR) is 140 cm³/mol. The van der Waals surface area contributed by atoms with Crippen molar-refractivity contribution in [3.05, 3.63) is 24.2 Å². The van der Waals surface area contributed by atoms with E-state index in [2.05, 4.69) is 21.5 Å². The van der Waals surface area contributed by atoms with E-state index in [1.54, 1.807) is 32.9 Å². The normalized spacial score (nSPS) is 22.3. The summed E-state index contributed by atoms with van der Waals surface area (Å²) in [7, 11) is 0. The van der Waals surface area contributed by atoms with Crippen molar-refractivity contribution in [1.82, 2.24) is 14.6 Å². The van der Waals surface area contributed by atoms with Crippen molar-refractivity contribution in [2.75, 3.05) is 18.7 Å². The van der Waals surface area contributed by atoms with Crippen molar-refractivity contribution in [2.45, 2.75) is 89.4 Å². The predicted octanol–water partition coefficient (Wildman–Crippen LogP) is 3.32. The number of rotatable bonds is 8. The van der Waals surface area contributed by atoms with Crippen LogP contribution in [-0.2, 0) is 34.1 Å². The SMILES string of the molecule is CC(C)(C)C(=O)OCOC(=O)Nc1ncnn2c([C@@]3(C#N)CC[C@@H](COC(=O)CC4(N)CCCCC4)O3)ccc12. The molecule has 2 atom stereocenters. The van der Waals surface area contributed by atoms with Crippen LogP contribution in [0.4, 0.5) is 10.6 Å². The Balaban J connectivity index is 1.37. The Bertz CT molecular complexity index is 1290. The van der Waals surface area contributed by atoms with Gasteiger partial charge in [-0.1, -0.05) is 19.3 Å². The first-order valence-electron chi connectivity index (χ1n) is 13.4. The lowest BCUT2D eigenvalue weighted by molar-refractivity contribution is -0.161. The fraction of sp³-hybridized carbons (Fsp3) is 0.630. The molecule has 2 aromatic rings. The number of nitriles is 1. The van der Waals surface area contributed by atoms with E-state index < -0.39 is 41.5 Å². The number of hydrogen-bond donors (Lipinski definition) is 2. The molecular formula is C27H36N6O7. The second-order valence-corrected chi connectivity index (χ2v) is 11.5. The summed E-state index contributed by atoms with van der Waals surface area (Å²) in [5.41, 5.74) is 4.63. The van der Waals surface area contributed by atoms with Gasteiger partial charge in [0, 0.05) is 5.54 Å². The van der Waals surface area contributed by atoms with Gasteiger partial charge in [-0.25, -0.2) is 14.3 Å².